The standard InChI is InChI=1S/C18H15FN4O4/c1-10-21-22-17(26-10)16-5-2-11(7-20-16)14-4-3-12(6-15(14)19)23-8-13(9-24)27-18(23)25/h2-7,13,24H,8-9H2,1H3/t13-/m1/s1. The van der Waals surface area contributed by atoms with Gasteiger partial charge >= 0.3 is 6.09 Å². The minimum Gasteiger partial charge on any atom is -0.441 e. The van der Waals surface area contributed by atoms with E-state index in [9.17, 15) is 9.18 Å². The van der Waals surface area contributed by atoms with Crippen molar-refractivity contribution in [1.29, 1.82) is 0 Å². The van der Waals surface area contributed by atoms with Crippen LogP contribution in [-0.4, -0.2) is 45.6 Å². The van der Waals surface area contributed by atoms with Crippen LogP contribution < -0.4 is 4.90 Å². The van der Waals surface area contributed by atoms with Gasteiger partial charge in [0.05, 0.1) is 18.8 Å². The summed E-state index contributed by atoms with van der Waals surface area (Å²) in [5.74, 6) is 0.221. The van der Waals surface area contributed by atoms with Crippen LogP contribution in [-0.2, 0) is 4.74 Å². The van der Waals surface area contributed by atoms with E-state index in [2.05, 4.69) is 15.2 Å². The lowest BCUT2D eigenvalue weighted by atomic mass is 10.1. The number of pyridine rings is 1. The Morgan fingerprint density at radius 3 is 2.74 bits per heavy atom. The van der Waals surface area contributed by atoms with Crippen LogP contribution in [0.15, 0.2) is 40.9 Å². The topological polar surface area (TPSA) is 102 Å². The fourth-order valence-corrected chi connectivity index (χ4v) is 2.81. The molecule has 8 nitrogen and oxygen atoms in total. The Morgan fingerprint density at radius 2 is 2.15 bits per heavy atom. The third kappa shape index (κ3) is 3.24. The smallest absolute Gasteiger partial charge is 0.414 e. The maximum Gasteiger partial charge on any atom is 0.414 e. The lowest BCUT2D eigenvalue weighted by molar-refractivity contribution is 0.0963. The number of carbonyl (C=O) groups excluding carboxylic acids is 1. The second kappa shape index (κ2) is 6.76. The lowest BCUT2D eigenvalue weighted by Crippen LogP contribution is -2.25. The number of nitrogens with zero attached hydrogens (tertiary/aromatic N) is 4. The molecule has 1 saturated heterocycles. The Kier molecular flexibility index (Phi) is 4.28. The molecule has 1 atom stereocenters. The number of aliphatic hydroxyl groups is 1. The van der Waals surface area contributed by atoms with Crippen molar-refractivity contribution in [2.45, 2.75) is 13.0 Å². The molecule has 2 aromatic heterocycles. The highest BCUT2D eigenvalue weighted by Gasteiger charge is 2.32. The zero-order valence-corrected chi connectivity index (χ0v) is 14.3. The van der Waals surface area contributed by atoms with Crippen LogP contribution >= 0.6 is 0 Å². The van der Waals surface area contributed by atoms with Crippen LogP contribution in [0.3, 0.4) is 0 Å². The van der Waals surface area contributed by atoms with Crippen molar-refractivity contribution in [3.05, 3.63) is 48.2 Å². The zero-order chi connectivity index (χ0) is 19.0. The first-order valence-corrected chi connectivity index (χ1v) is 8.20. The van der Waals surface area contributed by atoms with E-state index in [1.54, 1.807) is 31.2 Å². The van der Waals surface area contributed by atoms with Crippen molar-refractivity contribution in [2.24, 2.45) is 0 Å². The van der Waals surface area contributed by atoms with E-state index in [1.807, 2.05) is 0 Å². The number of amides is 1. The second-order valence-electron chi connectivity index (χ2n) is 6.02. The Morgan fingerprint density at radius 1 is 1.30 bits per heavy atom. The first kappa shape index (κ1) is 17.1. The monoisotopic (exact) mass is 370 g/mol. The van der Waals surface area contributed by atoms with Gasteiger partial charge in [0, 0.05) is 24.2 Å². The van der Waals surface area contributed by atoms with Gasteiger partial charge < -0.3 is 14.3 Å². The third-order valence-electron chi connectivity index (χ3n) is 4.16. The molecule has 0 radical (unpaired) electrons. The highest BCUT2D eigenvalue weighted by atomic mass is 19.1. The van der Waals surface area contributed by atoms with E-state index in [1.165, 1.54) is 17.2 Å². The highest BCUT2D eigenvalue weighted by molar-refractivity contribution is 5.90. The molecule has 27 heavy (non-hydrogen) atoms. The molecule has 9 heteroatoms. The first-order chi connectivity index (χ1) is 13.0. The summed E-state index contributed by atoms with van der Waals surface area (Å²) in [6.45, 7) is 1.58. The van der Waals surface area contributed by atoms with Crippen molar-refractivity contribution >= 4 is 11.8 Å². The molecule has 1 N–H and O–H groups in total. The van der Waals surface area contributed by atoms with Gasteiger partial charge in [-0.1, -0.05) is 6.07 Å². The number of benzene rings is 1. The van der Waals surface area contributed by atoms with Crippen molar-refractivity contribution in [3.8, 4) is 22.7 Å². The average Bonchev–Trinajstić information content (AvgIpc) is 3.27. The molecule has 1 aromatic carbocycles. The Labute approximate surface area is 153 Å². The molecule has 3 aromatic rings. The fraction of sp³-hybridized carbons (Fsp3) is 0.222. The molecule has 3 heterocycles. The molecule has 0 spiro atoms. The first-order valence-electron chi connectivity index (χ1n) is 8.20. The quantitative estimate of drug-likeness (QED) is 0.753. The van der Waals surface area contributed by atoms with Gasteiger partial charge in [-0.2, -0.15) is 0 Å². The van der Waals surface area contributed by atoms with Gasteiger partial charge in [0.25, 0.3) is 5.89 Å². The Hall–Kier alpha value is -3.33. The molecule has 0 aliphatic carbocycles. The van der Waals surface area contributed by atoms with E-state index in [0.717, 1.165) is 0 Å². The summed E-state index contributed by atoms with van der Waals surface area (Å²) in [6.07, 6.45) is 0.297. The fourth-order valence-electron chi connectivity index (χ4n) is 2.81. The molecular formula is C18H15FN4O4. The molecule has 1 aliphatic rings. The second-order valence-corrected chi connectivity index (χ2v) is 6.02. The van der Waals surface area contributed by atoms with Gasteiger partial charge in [-0.15, -0.1) is 10.2 Å². The summed E-state index contributed by atoms with van der Waals surface area (Å²) >= 11 is 0. The molecule has 1 fully saturated rings. The van der Waals surface area contributed by atoms with E-state index in [-0.39, 0.29) is 13.2 Å². The summed E-state index contributed by atoms with van der Waals surface area (Å²) in [6, 6.07) is 7.81. The predicted octanol–water partition coefficient (Wildman–Crippen LogP) is 2.56. The minimum absolute atomic E-state index is 0.175. The van der Waals surface area contributed by atoms with Crippen LogP contribution in [0.1, 0.15) is 5.89 Å². The molecule has 1 amide bonds. The number of carbonyl (C=O) groups is 1. The Balaban J connectivity index is 1.58. The van der Waals surface area contributed by atoms with Crippen molar-refractivity contribution in [2.75, 3.05) is 18.1 Å². The number of rotatable bonds is 4. The summed E-state index contributed by atoms with van der Waals surface area (Å²) in [4.78, 5) is 17.3. The molecular weight excluding hydrogens is 355 g/mol. The molecule has 0 unspecified atom stereocenters. The largest absolute Gasteiger partial charge is 0.441 e. The number of hydrogen-bond acceptors (Lipinski definition) is 7. The van der Waals surface area contributed by atoms with E-state index >= 15 is 0 Å². The van der Waals surface area contributed by atoms with Gasteiger partial charge in [0.1, 0.15) is 17.6 Å². The minimum atomic E-state index is -0.609. The van der Waals surface area contributed by atoms with Gasteiger partial charge in [-0.3, -0.25) is 9.88 Å². The van der Waals surface area contributed by atoms with Gasteiger partial charge in [-0.25, -0.2) is 9.18 Å². The van der Waals surface area contributed by atoms with E-state index < -0.39 is 18.0 Å². The average molecular weight is 370 g/mol. The number of halogens is 1. The van der Waals surface area contributed by atoms with Gasteiger partial charge in [0.2, 0.25) is 5.89 Å². The molecule has 0 bridgehead atoms. The number of ether oxygens (including phenoxy) is 1. The maximum absolute atomic E-state index is 14.6. The highest BCUT2D eigenvalue weighted by Crippen LogP contribution is 2.29. The summed E-state index contributed by atoms with van der Waals surface area (Å²) < 4.78 is 24.9. The van der Waals surface area contributed by atoms with Crippen molar-refractivity contribution in [3.63, 3.8) is 0 Å². The molecule has 1 aliphatic heterocycles. The van der Waals surface area contributed by atoms with Crippen molar-refractivity contribution < 1.29 is 23.4 Å². The SMILES string of the molecule is Cc1nnc(-c2ccc(-c3ccc(N4C[C@H](CO)OC4=O)cc3F)cn2)o1. The number of cyclic esters (lactones) is 1. The van der Waals surface area contributed by atoms with Gasteiger partial charge in [0.15, 0.2) is 0 Å². The lowest BCUT2D eigenvalue weighted by Gasteiger charge is -2.14. The van der Waals surface area contributed by atoms with Crippen LogP contribution in [0.2, 0.25) is 0 Å². The predicted molar refractivity (Wildman–Crippen MR) is 92.4 cm³/mol. The number of hydrogen-bond donors (Lipinski definition) is 1. The van der Waals surface area contributed by atoms with Crippen LogP contribution in [0, 0.1) is 12.7 Å². The summed E-state index contributed by atoms with van der Waals surface area (Å²) in [7, 11) is 0. The Bertz CT molecular complexity index is 989. The van der Waals surface area contributed by atoms with Gasteiger partial charge in [-0.05, 0) is 24.3 Å². The third-order valence-corrected chi connectivity index (χ3v) is 4.16. The number of anilines is 1. The van der Waals surface area contributed by atoms with Crippen LogP contribution in [0.5, 0.6) is 0 Å². The summed E-state index contributed by atoms with van der Waals surface area (Å²) in [5, 5.41) is 16.7. The zero-order valence-electron chi connectivity index (χ0n) is 14.3. The molecule has 138 valence electrons. The van der Waals surface area contributed by atoms with Crippen molar-refractivity contribution in [1.82, 2.24) is 15.2 Å². The normalized spacial score (nSPS) is 16.6. The number of aryl methyl sites for hydroxylation is 1. The molecule has 4 rings (SSSR count). The summed E-state index contributed by atoms with van der Waals surface area (Å²) in [5.41, 5.74) is 1.76. The van der Waals surface area contributed by atoms with Crippen LogP contribution in [0.4, 0.5) is 14.9 Å². The van der Waals surface area contributed by atoms with E-state index in [0.29, 0.717) is 34.3 Å². The maximum atomic E-state index is 14.6. The van der Waals surface area contributed by atoms with Crippen LogP contribution in [0.25, 0.3) is 22.7 Å². The number of aromatic nitrogens is 3. The number of aliphatic hydroxyl groups excluding tert-OH is 1. The molecule has 0 saturated carbocycles. The van der Waals surface area contributed by atoms with E-state index in [4.69, 9.17) is 14.3 Å².